The van der Waals surface area contributed by atoms with E-state index in [0.717, 1.165) is 22.6 Å². The van der Waals surface area contributed by atoms with Crippen molar-refractivity contribution in [3.8, 4) is 5.69 Å². The molecule has 1 N–H and O–H groups in total. The Labute approximate surface area is 166 Å². The van der Waals surface area contributed by atoms with Crippen LogP contribution in [-0.4, -0.2) is 48.6 Å². The molecule has 7 heteroatoms. The van der Waals surface area contributed by atoms with E-state index in [9.17, 15) is 13.2 Å². The van der Waals surface area contributed by atoms with Crippen molar-refractivity contribution in [3.63, 3.8) is 0 Å². The summed E-state index contributed by atoms with van der Waals surface area (Å²) in [5, 5.41) is 2.76. The molecular weight excluding hydrogens is 374 g/mol. The number of aryl methyl sites for hydroxylation is 2. The van der Waals surface area contributed by atoms with Crippen LogP contribution in [-0.2, 0) is 14.8 Å². The quantitative estimate of drug-likeness (QED) is 0.756. The van der Waals surface area contributed by atoms with Gasteiger partial charge in [-0.1, -0.05) is 17.7 Å². The lowest BCUT2D eigenvalue weighted by atomic mass is 10.2. The molecule has 6 nitrogen and oxygen atoms in total. The first-order valence-corrected chi connectivity index (χ1v) is 11.1. The maximum absolute atomic E-state index is 12.1. The summed E-state index contributed by atoms with van der Waals surface area (Å²) in [4.78, 5) is 12.1. The van der Waals surface area contributed by atoms with Crippen LogP contribution in [0.15, 0.2) is 36.4 Å². The second-order valence-corrected chi connectivity index (χ2v) is 9.28. The number of carbonyl (C=O) groups excluding carboxylic acids is 1. The number of nitrogens with zero attached hydrogens (tertiary/aromatic N) is 2. The molecule has 2 heterocycles. The topological polar surface area (TPSA) is 71.4 Å². The molecule has 150 valence electrons. The van der Waals surface area contributed by atoms with Crippen molar-refractivity contribution in [2.45, 2.75) is 27.2 Å². The van der Waals surface area contributed by atoms with Gasteiger partial charge in [0, 0.05) is 42.8 Å². The first kappa shape index (κ1) is 20.4. The molecule has 2 aromatic rings. The van der Waals surface area contributed by atoms with E-state index in [4.69, 9.17) is 0 Å². The second kappa shape index (κ2) is 8.32. The van der Waals surface area contributed by atoms with Gasteiger partial charge in [0.25, 0.3) is 0 Å². The molecule has 1 aromatic carbocycles. The van der Waals surface area contributed by atoms with Crippen LogP contribution >= 0.6 is 0 Å². The zero-order valence-corrected chi connectivity index (χ0v) is 17.4. The zero-order valence-electron chi connectivity index (χ0n) is 16.6. The van der Waals surface area contributed by atoms with Gasteiger partial charge >= 0.3 is 0 Å². The fraction of sp³-hybridized carbons (Fsp3) is 0.381. The maximum atomic E-state index is 12.1. The molecule has 28 heavy (non-hydrogen) atoms. The molecule has 0 radical (unpaired) electrons. The molecule has 1 saturated heterocycles. The van der Waals surface area contributed by atoms with Crippen molar-refractivity contribution in [1.82, 2.24) is 14.2 Å². The number of hydrogen-bond donors (Lipinski definition) is 1. The average molecular weight is 402 g/mol. The third-order valence-corrected chi connectivity index (χ3v) is 7.00. The lowest BCUT2D eigenvalue weighted by Gasteiger charge is -2.13. The monoisotopic (exact) mass is 401 g/mol. The van der Waals surface area contributed by atoms with Crippen LogP contribution in [0.3, 0.4) is 0 Å². The number of amides is 1. The van der Waals surface area contributed by atoms with E-state index in [0.29, 0.717) is 26.1 Å². The van der Waals surface area contributed by atoms with Crippen molar-refractivity contribution < 1.29 is 13.2 Å². The van der Waals surface area contributed by atoms with E-state index in [1.807, 2.05) is 13.8 Å². The van der Waals surface area contributed by atoms with Gasteiger partial charge < -0.3 is 9.88 Å². The van der Waals surface area contributed by atoms with Gasteiger partial charge in [0.05, 0.1) is 5.75 Å². The lowest BCUT2D eigenvalue weighted by Crippen LogP contribution is -2.35. The van der Waals surface area contributed by atoms with Gasteiger partial charge in [-0.3, -0.25) is 4.79 Å². The van der Waals surface area contributed by atoms with Gasteiger partial charge in [-0.25, -0.2) is 12.7 Å². The molecule has 0 bridgehead atoms. The van der Waals surface area contributed by atoms with E-state index in [2.05, 4.69) is 47.1 Å². The number of rotatable bonds is 6. The Kier molecular flexibility index (Phi) is 6.05. The van der Waals surface area contributed by atoms with E-state index < -0.39 is 10.0 Å². The van der Waals surface area contributed by atoms with Crippen LogP contribution < -0.4 is 5.32 Å². The van der Waals surface area contributed by atoms with Crippen molar-refractivity contribution in [1.29, 1.82) is 0 Å². The lowest BCUT2D eigenvalue weighted by molar-refractivity contribution is -0.116. The smallest absolute Gasteiger partial charge is 0.244 e. The summed E-state index contributed by atoms with van der Waals surface area (Å²) in [6.07, 6.45) is 3.96. The number of carbonyl (C=O) groups is 1. The predicted octanol–water partition coefficient (Wildman–Crippen LogP) is 2.57. The van der Waals surface area contributed by atoms with E-state index in [-0.39, 0.29) is 11.7 Å². The Morgan fingerprint density at radius 2 is 1.89 bits per heavy atom. The fourth-order valence-corrected chi connectivity index (χ4v) is 5.05. The minimum atomic E-state index is -3.12. The number of sulfonamides is 1. The van der Waals surface area contributed by atoms with Crippen LogP contribution in [0.1, 0.15) is 28.9 Å². The summed E-state index contributed by atoms with van der Waals surface area (Å²) in [6.45, 7) is 7.31. The number of benzene rings is 1. The standard InChI is InChI=1S/C21H27N3O3S/c1-16-5-8-20(9-6-16)24-17(2)15-19(18(24)3)7-10-21(25)22-11-13-23-12-4-14-28(23,26)27/h5-10,15H,4,11-14H2,1-3H3,(H,22,25). The molecule has 0 aliphatic carbocycles. The van der Waals surface area contributed by atoms with E-state index >= 15 is 0 Å². The van der Waals surface area contributed by atoms with Gasteiger partial charge in [-0.2, -0.15) is 0 Å². The maximum Gasteiger partial charge on any atom is 0.244 e. The number of nitrogens with one attached hydrogen (secondary N) is 1. The fourth-order valence-electron chi connectivity index (χ4n) is 3.52. The van der Waals surface area contributed by atoms with Crippen LogP contribution in [0.4, 0.5) is 0 Å². The molecule has 0 unspecified atom stereocenters. The molecule has 1 aromatic heterocycles. The van der Waals surface area contributed by atoms with Crippen LogP contribution in [0.25, 0.3) is 11.8 Å². The molecular formula is C21H27N3O3S. The number of hydrogen-bond acceptors (Lipinski definition) is 3. The molecule has 3 rings (SSSR count). The Morgan fingerprint density at radius 3 is 2.54 bits per heavy atom. The van der Waals surface area contributed by atoms with E-state index in [1.54, 1.807) is 6.08 Å². The van der Waals surface area contributed by atoms with Crippen molar-refractivity contribution >= 4 is 22.0 Å². The minimum Gasteiger partial charge on any atom is -0.351 e. The van der Waals surface area contributed by atoms with Crippen molar-refractivity contribution in [3.05, 3.63) is 58.9 Å². The van der Waals surface area contributed by atoms with Crippen LogP contribution in [0.5, 0.6) is 0 Å². The van der Waals surface area contributed by atoms with Gasteiger partial charge in [0.15, 0.2) is 0 Å². The van der Waals surface area contributed by atoms with Gasteiger partial charge in [-0.05, 0) is 57.0 Å². The Hall–Kier alpha value is -2.38. The Bertz CT molecular complexity index is 989. The summed E-state index contributed by atoms with van der Waals surface area (Å²) >= 11 is 0. The summed E-state index contributed by atoms with van der Waals surface area (Å²) in [6, 6.07) is 10.4. The predicted molar refractivity (Wildman–Crippen MR) is 112 cm³/mol. The van der Waals surface area contributed by atoms with Crippen LogP contribution in [0, 0.1) is 20.8 Å². The normalized spacial score (nSPS) is 16.7. The molecule has 1 aliphatic heterocycles. The molecule has 1 amide bonds. The highest BCUT2D eigenvalue weighted by molar-refractivity contribution is 7.89. The second-order valence-electron chi connectivity index (χ2n) is 7.19. The first-order chi connectivity index (χ1) is 13.3. The highest BCUT2D eigenvalue weighted by Crippen LogP contribution is 2.22. The Balaban J connectivity index is 1.62. The summed E-state index contributed by atoms with van der Waals surface area (Å²) in [7, 11) is -3.12. The molecule has 0 atom stereocenters. The van der Waals surface area contributed by atoms with E-state index in [1.165, 1.54) is 15.9 Å². The SMILES string of the molecule is Cc1ccc(-n2c(C)cc(C=CC(=O)NCCN3CCCS3(=O)=O)c2C)cc1. The minimum absolute atomic E-state index is 0.206. The van der Waals surface area contributed by atoms with Gasteiger partial charge in [0.2, 0.25) is 15.9 Å². The average Bonchev–Trinajstić information content (AvgIpc) is 3.12. The van der Waals surface area contributed by atoms with Gasteiger partial charge in [-0.15, -0.1) is 0 Å². The summed E-state index contributed by atoms with van der Waals surface area (Å²) < 4.78 is 27.1. The van der Waals surface area contributed by atoms with Crippen molar-refractivity contribution in [2.75, 3.05) is 25.4 Å². The third-order valence-electron chi connectivity index (χ3n) is 5.04. The summed E-state index contributed by atoms with van der Waals surface area (Å²) in [5.74, 6) is -0.0194. The highest BCUT2D eigenvalue weighted by atomic mass is 32.2. The van der Waals surface area contributed by atoms with Crippen molar-refractivity contribution in [2.24, 2.45) is 0 Å². The highest BCUT2D eigenvalue weighted by Gasteiger charge is 2.27. The Morgan fingerprint density at radius 1 is 1.18 bits per heavy atom. The van der Waals surface area contributed by atoms with Gasteiger partial charge in [0.1, 0.15) is 0 Å². The molecule has 1 fully saturated rings. The molecule has 1 aliphatic rings. The first-order valence-electron chi connectivity index (χ1n) is 9.47. The molecule has 0 saturated carbocycles. The molecule has 0 spiro atoms. The van der Waals surface area contributed by atoms with Crippen LogP contribution in [0.2, 0.25) is 0 Å². The third kappa shape index (κ3) is 4.54. The zero-order chi connectivity index (χ0) is 20.3. The number of aromatic nitrogens is 1. The largest absolute Gasteiger partial charge is 0.351 e. The summed E-state index contributed by atoms with van der Waals surface area (Å²) in [5.41, 5.74) is 5.45.